The molecule has 168 valence electrons. The zero-order chi connectivity index (χ0) is 23.8. The van der Waals surface area contributed by atoms with Crippen LogP contribution >= 0.6 is 0 Å². The van der Waals surface area contributed by atoms with Crippen molar-refractivity contribution in [2.24, 2.45) is 7.05 Å². The van der Waals surface area contributed by atoms with E-state index in [0.717, 1.165) is 16.6 Å². The highest BCUT2D eigenvalue weighted by molar-refractivity contribution is 6.13. The van der Waals surface area contributed by atoms with Crippen LogP contribution in [-0.2, 0) is 7.05 Å². The van der Waals surface area contributed by atoms with Crippen molar-refractivity contribution in [1.29, 1.82) is 0 Å². The van der Waals surface area contributed by atoms with E-state index in [1.54, 1.807) is 35.0 Å². The van der Waals surface area contributed by atoms with E-state index in [1.807, 2.05) is 65.1 Å². The predicted molar refractivity (Wildman–Crippen MR) is 130 cm³/mol. The molecule has 0 aliphatic heterocycles. The van der Waals surface area contributed by atoms with Gasteiger partial charge in [-0.25, -0.2) is 4.98 Å². The Balaban J connectivity index is 1.66. The number of aryl methyl sites for hydroxylation is 2. The minimum absolute atomic E-state index is 0.158. The Hall–Kier alpha value is -4.00. The Morgan fingerprint density at radius 3 is 2.24 bits per heavy atom. The first-order valence-electron chi connectivity index (χ1n) is 10.8. The SMILES string of the molecule is Cc1nn(C)c2nc(-c3ccccc3)cc(C(=O)Nc3ccc(C(=O)NC(C)(C)C)cc3)c12. The van der Waals surface area contributed by atoms with Gasteiger partial charge in [-0.15, -0.1) is 0 Å². The lowest BCUT2D eigenvalue weighted by Crippen LogP contribution is -2.40. The number of carbonyl (C=O) groups excluding carboxylic acids is 2. The monoisotopic (exact) mass is 441 g/mol. The maximum absolute atomic E-state index is 13.3. The van der Waals surface area contributed by atoms with Crippen LogP contribution in [0.25, 0.3) is 22.3 Å². The summed E-state index contributed by atoms with van der Waals surface area (Å²) in [5.41, 5.74) is 4.30. The molecule has 0 aliphatic carbocycles. The van der Waals surface area contributed by atoms with Crippen LogP contribution in [0.2, 0.25) is 0 Å². The molecular formula is C26H27N5O2. The van der Waals surface area contributed by atoms with Gasteiger partial charge in [-0.05, 0) is 58.0 Å². The molecule has 4 rings (SSSR count). The molecule has 7 heteroatoms. The van der Waals surface area contributed by atoms with Gasteiger partial charge in [0.15, 0.2) is 5.65 Å². The molecule has 2 heterocycles. The number of fused-ring (bicyclic) bond motifs is 1. The smallest absolute Gasteiger partial charge is 0.256 e. The van der Waals surface area contributed by atoms with Gasteiger partial charge in [0.2, 0.25) is 0 Å². The molecule has 2 aromatic carbocycles. The molecular weight excluding hydrogens is 414 g/mol. The lowest BCUT2D eigenvalue weighted by atomic mass is 10.0. The highest BCUT2D eigenvalue weighted by atomic mass is 16.2. The highest BCUT2D eigenvalue weighted by Gasteiger charge is 2.20. The van der Waals surface area contributed by atoms with Gasteiger partial charge in [0, 0.05) is 29.4 Å². The molecule has 4 aromatic rings. The lowest BCUT2D eigenvalue weighted by molar-refractivity contribution is 0.0919. The van der Waals surface area contributed by atoms with Gasteiger partial charge in [0.05, 0.1) is 22.3 Å². The number of rotatable bonds is 4. The van der Waals surface area contributed by atoms with Crippen molar-refractivity contribution >= 4 is 28.5 Å². The average Bonchev–Trinajstić information content (AvgIpc) is 3.06. The summed E-state index contributed by atoms with van der Waals surface area (Å²) in [5.74, 6) is -0.419. The second-order valence-electron chi connectivity index (χ2n) is 9.06. The van der Waals surface area contributed by atoms with E-state index in [-0.39, 0.29) is 17.4 Å². The number of hydrogen-bond acceptors (Lipinski definition) is 4. The van der Waals surface area contributed by atoms with Crippen LogP contribution in [0.4, 0.5) is 5.69 Å². The Morgan fingerprint density at radius 2 is 1.61 bits per heavy atom. The van der Waals surface area contributed by atoms with Gasteiger partial charge < -0.3 is 10.6 Å². The third kappa shape index (κ3) is 4.77. The quantitative estimate of drug-likeness (QED) is 0.479. The third-order valence-electron chi connectivity index (χ3n) is 5.18. The van der Waals surface area contributed by atoms with Gasteiger partial charge in [-0.2, -0.15) is 5.10 Å². The largest absolute Gasteiger partial charge is 0.347 e. The van der Waals surface area contributed by atoms with Crippen molar-refractivity contribution in [3.63, 3.8) is 0 Å². The molecule has 2 amide bonds. The molecule has 2 N–H and O–H groups in total. The number of pyridine rings is 1. The summed E-state index contributed by atoms with van der Waals surface area (Å²) in [6.45, 7) is 7.66. The molecule has 0 atom stereocenters. The fourth-order valence-electron chi connectivity index (χ4n) is 3.70. The number of benzene rings is 2. The maximum atomic E-state index is 13.3. The predicted octanol–water partition coefficient (Wildman–Crippen LogP) is 4.72. The van der Waals surface area contributed by atoms with Gasteiger partial charge in [0.1, 0.15) is 0 Å². The fraction of sp³-hybridized carbons (Fsp3) is 0.231. The van der Waals surface area contributed by atoms with Crippen molar-refractivity contribution in [2.45, 2.75) is 33.2 Å². The van der Waals surface area contributed by atoms with Gasteiger partial charge in [0.25, 0.3) is 11.8 Å². The minimum Gasteiger partial charge on any atom is -0.347 e. The first-order valence-corrected chi connectivity index (χ1v) is 10.8. The van der Waals surface area contributed by atoms with Crippen molar-refractivity contribution < 1.29 is 9.59 Å². The number of aromatic nitrogens is 3. The second kappa shape index (κ2) is 8.50. The molecule has 0 radical (unpaired) electrons. The van der Waals surface area contributed by atoms with Crippen molar-refractivity contribution in [1.82, 2.24) is 20.1 Å². The normalized spacial score (nSPS) is 11.4. The van der Waals surface area contributed by atoms with Crippen LogP contribution in [-0.4, -0.2) is 32.1 Å². The molecule has 0 saturated heterocycles. The van der Waals surface area contributed by atoms with Crippen molar-refractivity contribution in [2.75, 3.05) is 5.32 Å². The van der Waals surface area contributed by atoms with Gasteiger partial charge >= 0.3 is 0 Å². The Morgan fingerprint density at radius 1 is 0.939 bits per heavy atom. The lowest BCUT2D eigenvalue weighted by Gasteiger charge is -2.20. The van der Waals surface area contributed by atoms with E-state index < -0.39 is 0 Å². The Kier molecular flexibility index (Phi) is 5.72. The topological polar surface area (TPSA) is 88.9 Å². The average molecular weight is 442 g/mol. The summed E-state index contributed by atoms with van der Waals surface area (Å²) in [6, 6.07) is 18.4. The molecule has 0 unspecified atom stereocenters. The molecule has 2 aromatic heterocycles. The van der Waals surface area contributed by atoms with Crippen molar-refractivity contribution in [3.8, 4) is 11.3 Å². The van der Waals surface area contributed by atoms with Crippen LogP contribution in [0.3, 0.4) is 0 Å². The van der Waals surface area contributed by atoms with E-state index in [2.05, 4.69) is 15.7 Å². The van der Waals surface area contributed by atoms with E-state index in [0.29, 0.717) is 28.2 Å². The summed E-state index contributed by atoms with van der Waals surface area (Å²) < 4.78 is 1.69. The number of hydrogen-bond donors (Lipinski definition) is 2. The summed E-state index contributed by atoms with van der Waals surface area (Å²) in [5, 5.41) is 11.1. The molecule has 0 aliphatic rings. The van der Waals surface area contributed by atoms with E-state index in [4.69, 9.17) is 4.98 Å². The fourth-order valence-corrected chi connectivity index (χ4v) is 3.70. The molecule has 7 nitrogen and oxygen atoms in total. The minimum atomic E-state index is -0.325. The van der Waals surface area contributed by atoms with Crippen LogP contribution in [0.15, 0.2) is 60.7 Å². The van der Waals surface area contributed by atoms with Gasteiger partial charge in [-0.3, -0.25) is 14.3 Å². The summed E-state index contributed by atoms with van der Waals surface area (Å²) >= 11 is 0. The van der Waals surface area contributed by atoms with Crippen LogP contribution < -0.4 is 10.6 Å². The zero-order valence-electron chi connectivity index (χ0n) is 19.4. The van der Waals surface area contributed by atoms with Gasteiger partial charge in [-0.1, -0.05) is 30.3 Å². The van der Waals surface area contributed by atoms with E-state index in [1.165, 1.54) is 0 Å². The first-order chi connectivity index (χ1) is 15.6. The standard InChI is InChI=1S/C26H27N5O2/c1-16-22-20(15-21(17-9-7-6-8-10-17)28-23(22)31(5)30-16)25(33)27-19-13-11-18(12-14-19)24(32)29-26(2,3)4/h6-15H,1-5H3,(H,27,33)(H,29,32). The van der Waals surface area contributed by atoms with Crippen LogP contribution in [0.5, 0.6) is 0 Å². The number of anilines is 1. The molecule has 0 spiro atoms. The Bertz CT molecular complexity index is 1330. The Labute approximate surface area is 192 Å². The number of carbonyl (C=O) groups is 2. The molecule has 0 bridgehead atoms. The second-order valence-corrected chi connectivity index (χ2v) is 9.06. The third-order valence-corrected chi connectivity index (χ3v) is 5.18. The van der Waals surface area contributed by atoms with E-state index >= 15 is 0 Å². The highest BCUT2D eigenvalue weighted by Crippen LogP contribution is 2.27. The van der Waals surface area contributed by atoms with Crippen LogP contribution in [0, 0.1) is 6.92 Å². The molecule has 0 fully saturated rings. The van der Waals surface area contributed by atoms with E-state index in [9.17, 15) is 9.59 Å². The summed E-state index contributed by atoms with van der Waals surface area (Å²) in [6.07, 6.45) is 0. The zero-order valence-corrected chi connectivity index (χ0v) is 19.4. The number of amides is 2. The molecule has 0 saturated carbocycles. The number of nitrogens with zero attached hydrogens (tertiary/aromatic N) is 3. The molecule has 33 heavy (non-hydrogen) atoms. The summed E-state index contributed by atoms with van der Waals surface area (Å²) in [7, 11) is 1.82. The van der Waals surface area contributed by atoms with Crippen LogP contribution in [0.1, 0.15) is 47.2 Å². The maximum Gasteiger partial charge on any atom is 0.256 e. The van der Waals surface area contributed by atoms with Crippen molar-refractivity contribution in [3.05, 3.63) is 77.5 Å². The first kappa shape index (κ1) is 22.2. The summed E-state index contributed by atoms with van der Waals surface area (Å²) in [4.78, 5) is 30.4. The number of nitrogens with one attached hydrogen (secondary N) is 2.